The predicted octanol–water partition coefficient (Wildman–Crippen LogP) is 2.47. The van der Waals surface area contributed by atoms with Crippen molar-refractivity contribution in [1.29, 1.82) is 0 Å². The van der Waals surface area contributed by atoms with Gasteiger partial charge in [-0.15, -0.1) is 0 Å². The SMILES string of the molecule is CN(C)S(=O)(=O)c1ccccc1CNC(=O)NCC1(c2ccccc2)CC1. The van der Waals surface area contributed by atoms with Crippen LogP contribution in [0.3, 0.4) is 0 Å². The molecule has 2 aromatic rings. The number of carbonyl (C=O) groups is 1. The molecule has 0 radical (unpaired) electrons. The monoisotopic (exact) mass is 387 g/mol. The third-order valence-corrected chi connectivity index (χ3v) is 6.91. The largest absolute Gasteiger partial charge is 0.337 e. The first-order valence-electron chi connectivity index (χ1n) is 8.93. The summed E-state index contributed by atoms with van der Waals surface area (Å²) in [5.41, 5.74) is 1.84. The molecule has 144 valence electrons. The maximum Gasteiger partial charge on any atom is 0.315 e. The van der Waals surface area contributed by atoms with Crippen molar-refractivity contribution in [3.63, 3.8) is 0 Å². The number of carbonyl (C=O) groups excluding carboxylic acids is 1. The highest BCUT2D eigenvalue weighted by Gasteiger charge is 2.44. The van der Waals surface area contributed by atoms with E-state index in [2.05, 4.69) is 22.8 Å². The first-order valence-corrected chi connectivity index (χ1v) is 10.4. The van der Waals surface area contributed by atoms with E-state index in [1.165, 1.54) is 24.0 Å². The number of rotatable bonds is 7. The number of benzene rings is 2. The lowest BCUT2D eigenvalue weighted by Gasteiger charge is -2.18. The van der Waals surface area contributed by atoms with Gasteiger partial charge in [-0.05, 0) is 30.0 Å². The summed E-state index contributed by atoms with van der Waals surface area (Å²) in [5.74, 6) is 0. The van der Waals surface area contributed by atoms with Gasteiger partial charge in [-0.3, -0.25) is 0 Å². The van der Waals surface area contributed by atoms with Crippen LogP contribution in [0, 0.1) is 0 Å². The number of nitrogens with one attached hydrogen (secondary N) is 2. The maximum atomic E-state index is 12.4. The summed E-state index contributed by atoms with van der Waals surface area (Å²) in [4.78, 5) is 12.4. The molecule has 0 saturated heterocycles. The van der Waals surface area contributed by atoms with Crippen molar-refractivity contribution in [3.8, 4) is 0 Å². The number of amides is 2. The standard InChI is InChI=1S/C20H25N3O3S/c1-23(2)27(25,26)18-11-7-6-8-16(18)14-21-19(24)22-15-20(12-13-20)17-9-4-3-5-10-17/h3-11H,12-15H2,1-2H3,(H2,21,22,24). The minimum absolute atomic E-state index is 0.0325. The molecule has 27 heavy (non-hydrogen) atoms. The van der Waals surface area contributed by atoms with Crippen molar-refractivity contribution < 1.29 is 13.2 Å². The third kappa shape index (κ3) is 4.31. The fourth-order valence-corrected chi connectivity index (χ4v) is 4.21. The molecule has 0 aromatic heterocycles. The third-order valence-electron chi connectivity index (χ3n) is 5.00. The van der Waals surface area contributed by atoms with E-state index in [1.54, 1.807) is 24.3 Å². The predicted molar refractivity (Wildman–Crippen MR) is 105 cm³/mol. The molecule has 7 heteroatoms. The van der Waals surface area contributed by atoms with Crippen LogP contribution >= 0.6 is 0 Å². The normalized spacial score (nSPS) is 15.4. The van der Waals surface area contributed by atoms with E-state index in [9.17, 15) is 13.2 Å². The van der Waals surface area contributed by atoms with Gasteiger partial charge in [-0.1, -0.05) is 48.5 Å². The number of sulfonamides is 1. The Hall–Kier alpha value is -2.38. The van der Waals surface area contributed by atoms with Gasteiger partial charge in [0.15, 0.2) is 0 Å². The summed E-state index contributed by atoms with van der Waals surface area (Å²) in [6.45, 7) is 0.716. The molecule has 1 aliphatic carbocycles. The fraction of sp³-hybridized carbons (Fsp3) is 0.350. The Labute approximate surface area is 160 Å². The van der Waals surface area contributed by atoms with Gasteiger partial charge in [0, 0.05) is 32.6 Å². The van der Waals surface area contributed by atoms with Crippen LogP contribution in [-0.2, 0) is 22.0 Å². The lowest BCUT2D eigenvalue weighted by molar-refractivity contribution is 0.239. The molecule has 2 aromatic carbocycles. The van der Waals surface area contributed by atoms with E-state index in [-0.39, 0.29) is 22.9 Å². The maximum absolute atomic E-state index is 12.4. The van der Waals surface area contributed by atoms with Crippen molar-refractivity contribution in [2.24, 2.45) is 0 Å². The molecule has 0 unspecified atom stereocenters. The van der Waals surface area contributed by atoms with Gasteiger partial charge in [-0.25, -0.2) is 17.5 Å². The summed E-state index contributed by atoms with van der Waals surface area (Å²) >= 11 is 0. The summed E-state index contributed by atoms with van der Waals surface area (Å²) in [7, 11) is -0.573. The van der Waals surface area contributed by atoms with Crippen LogP contribution in [0.4, 0.5) is 4.79 Å². The Balaban J connectivity index is 1.59. The van der Waals surface area contributed by atoms with E-state index in [4.69, 9.17) is 0 Å². The topological polar surface area (TPSA) is 78.5 Å². The Bertz CT molecular complexity index is 907. The highest BCUT2D eigenvalue weighted by molar-refractivity contribution is 7.89. The van der Waals surface area contributed by atoms with Gasteiger partial charge < -0.3 is 10.6 Å². The Morgan fingerprint density at radius 3 is 2.26 bits per heavy atom. The quantitative estimate of drug-likeness (QED) is 0.766. The van der Waals surface area contributed by atoms with Crippen LogP contribution in [0.15, 0.2) is 59.5 Å². The average Bonchev–Trinajstić information content (AvgIpc) is 3.47. The number of hydrogen-bond donors (Lipinski definition) is 2. The van der Waals surface area contributed by atoms with Crippen LogP contribution in [-0.4, -0.2) is 39.4 Å². The van der Waals surface area contributed by atoms with Gasteiger partial charge in [0.2, 0.25) is 10.0 Å². The minimum atomic E-state index is -3.56. The molecule has 2 N–H and O–H groups in total. The minimum Gasteiger partial charge on any atom is -0.337 e. The highest BCUT2D eigenvalue weighted by Crippen LogP contribution is 2.47. The van der Waals surface area contributed by atoms with Gasteiger partial charge in [-0.2, -0.15) is 0 Å². The average molecular weight is 388 g/mol. The van der Waals surface area contributed by atoms with E-state index < -0.39 is 10.0 Å². The van der Waals surface area contributed by atoms with Crippen molar-refractivity contribution in [1.82, 2.24) is 14.9 Å². The number of urea groups is 1. The smallest absolute Gasteiger partial charge is 0.315 e. The molecule has 0 heterocycles. The van der Waals surface area contributed by atoms with Crippen LogP contribution in [0.5, 0.6) is 0 Å². The van der Waals surface area contributed by atoms with Gasteiger partial charge in [0.1, 0.15) is 0 Å². The van der Waals surface area contributed by atoms with Crippen molar-refractivity contribution >= 4 is 16.1 Å². The Morgan fingerprint density at radius 2 is 1.63 bits per heavy atom. The zero-order valence-corrected chi connectivity index (χ0v) is 16.4. The molecule has 3 rings (SSSR count). The molecule has 0 bridgehead atoms. The number of hydrogen-bond acceptors (Lipinski definition) is 3. The molecule has 6 nitrogen and oxygen atoms in total. The first-order chi connectivity index (χ1) is 12.8. The lowest BCUT2D eigenvalue weighted by atomic mass is 9.96. The fourth-order valence-electron chi connectivity index (χ4n) is 3.10. The zero-order valence-electron chi connectivity index (χ0n) is 15.6. The summed E-state index contributed by atoms with van der Waals surface area (Å²) in [6, 6.07) is 16.6. The highest BCUT2D eigenvalue weighted by atomic mass is 32.2. The second-order valence-electron chi connectivity index (χ2n) is 7.08. The number of nitrogens with zero attached hydrogens (tertiary/aromatic N) is 1. The van der Waals surface area contributed by atoms with Gasteiger partial charge in [0.25, 0.3) is 0 Å². The molecule has 1 fully saturated rings. The van der Waals surface area contributed by atoms with Gasteiger partial charge in [0.05, 0.1) is 4.90 Å². The van der Waals surface area contributed by atoms with Gasteiger partial charge >= 0.3 is 6.03 Å². The molecule has 2 amide bonds. The second-order valence-corrected chi connectivity index (χ2v) is 9.20. The van der Waals surface area contributed by atoms with Crippen LogP contribution < -0.4 is 10.6 Å². The van der Waals surface area contributed by atoms with Crippen molar-refractivity contribution in [3.05, 3.63) is 65.7 Å². The molecule has 0 aliphatic heterocycles. The van der Waals surface area contributed by atoms with E-state index in [1.807, 2.05) is 18.2 Å². The zero-order chi connectivity index (χ0) is 19.5. The van der Waals surface area contributed by atoms with E-state index >= 15 is 0 Å². The van der Waals surface area contributed by atoms with Crippen molar-refractivity contribution in [2.75, 3.05) is 20.6 Å². The molecule has 1 saturated carbocycles. The molecule has 0 atom stereocenters. The Morgan fingerprint density at radius 1 is 1.00 bits per heavy atom. The molecule has 1 aliphatic rings. The first kappa shape index (κ1) is 19.4. The summed E-state index contributed by atoms with van der Waals surface area (Å²) in [5, 5.41) is 5.69. The lowest BCUT2D eigenvalue weighted by Crippen LogP contribution is -2.39. The van der Waals surface area contributed by atoms with Crippen molar-refractivity contribution in [2.45, 2.75) is 29.7 Å². The van der Waals surface area contributed by atoms with Crippen LogP contribution in [0.25, 0.3) is 0 Å². The molecular formula is C20H25N3O3S. The van der Waals surface area contributed by atoms with Crippen LogP contribution in [0.1, 0.15) is 24.0 Å². The summed E-state index contributed by atoms with van der Waals surface area (Å²) < 4.78 is 26.0. The van der Waals surface area contributed by atoms with Crippen LogP contribution in [0.2, 0.25) is 0 Å². The van der Waals surface area contributed by atoms with E-state index in [0.717, 1.165) is 12.8 Å². The van der Waals surface area contributed by atoms with E-state index in [0.29, 0.717) is 12.1 Å². The molecule has 0 spiro atoms. The second kappa shape index (κ2) is 7.70. The summed E-state index contributed by atoms with van der Waals surface area (Å²) in [6.07, 6.45) is 2.11. The Kier molecular flexibility index (Phi) is 5.53. The molecular weight excluding hydrogens is 362 g/mol.